The van der Waals surface area contributed by atoms with E-state index < -0.39 is 5.97 Å². The maximum atomic E-state index is 12.2. The normalized spacial score (nSPS) is 10.1. The molecule has 0 unspecified atom stereocenters. The van der Waals surface area contributed by atoms with Crippen LogP contribution in [0.2, 0.25) is 0 Å². The second-order valence-electron chi connectivity index (χ2n) is 4.40. The fraction of sp³-hybridized carbons (Fsp3) is 0.200. The Balaban J connectivity index is 2.15. The Morgan fingerprint density at radius 2 is 1.86 bits per heavy atom. The third-order valence-corrected chi connectivity index (χ3v) is 3.36. The van der Waals surface area contributed by atoms with Gasteiger partial charge in [-0.05, 0) is 43.5 Å². The van der Waals surface area contributed by atoms with E-state index in [1.165, 1.54) is 18.9 Å². The van der Waals surface area contributed by atoms with Crippen LogP contribution >= 0.6 is 11.8 Å². The molecule has 0 fully saturated rings. The summed E-state index contributed by atoms with van der Waals surface area (Å²) < 4.78 is 4.62. The van der Waals surface area contributed by atoms with Crippen molar-refractivity contribution in [3.8, 4) is 0 Å². The summed E-state index contributed by atoms with van der Waals surface area (Å²) in [5, 5.41) is 3.28. The molecule has 1 heterocycles. The standard InChI is InChI=1S/C15H15N3O3S/c1-9-8-12(18-15(16-9)22-3)13(19)17-11-6-4-10(5-7-11)14(20)21-2/h4-8H,1-3H3,(H,17,19). The van der Waals surface area contributed by atoms with Crippen LogP contribution in [-0.4, -0.2) is 35.2 Å². The summed E-state index contributed by atoms with van der Waals surface area (Å²) in [6, 6.07) is 8.05. The molecule has 1 aromatic heterocycles. The van der Waals surface area contributed by atoms with Gasteiger partial charge in [0.2, 0.25) is 0 Å². The topological polar surface area (TPSA) is 81.2 Å². The van der Waals surface area contributed by atoms with Gasteiger partial charge in [-0.1, -0.05) is 11.8 Å². The minimum absolute atomic E-state index is 0.300. The van der Waals surface area contributed by atoms with Gasteiger partial charge < -0.3 is 10.1 Å². The lowest BCUT2D eigenvalue weighted by atomic mass is 10.2. The lowest BCUT2D eigenvalue weighted by Crippen LogP contribution is -2.15. The first-order chi connectivity index (χ1) is 10.5. The minimum Gasteiger partial charge on any atom is -0.465 e. The van der Waals surface area contributed by atoms with Crippen molar-refractivity contribution in [3.63, 3.8) is 0 Å². The lowest BCUT2D eigenvalue weighted by molar-refractivity contribution is 0.0600. The number of carbonyl (C=O) groups is 2. The van der Waals surface area contributed by atoms with E-state index in [-0.39, 0.29) is 5.91 Å². The second-order valence-corrected chi connectivity index (χ2v) is 5.18. The predicted molar refractivity (Wildman–Crippen MR) is 84.3 cm³/mol. The van der Waals surface area contributed by atoms with Gasteiger partial charge in [-0.2, -0.15) is 0 Å². The molecule has 2 aromatic rings. The Morgan fingerprint density at radius 1 is 1.18 bits per heavy atom. The van der Waals surface area contributed by atoms with Crippen LogP contribution in [0.1, 0.15) is 26.5 Å². The van der Waals surface area contributed by atoms with Gasteiger partial charge in [0.25, 0.3) is 5.91 Å². The molecule has 0 aliphatic carbocycles. The second kappa shape index (κ2) is 7.04. The van der Waals surface area contributed by atoms with E-state index in [0.717, 1.165) is 5.69 Å². The molecule has 1 aromatic carbocycles. The summed E-state index contributed by atoms with van der Waals surface area (Å²) in [6.45, 7) is 1.81. The first-order valence-electron chi connectivity index (χ1n) is 6.43. The van der Waals surface area contributed by atoms with Crippen molar-refractivity contribution in [1.82, 2.24) is 9.97 Å². The molecule has 0 aliphatic rings. The molecular weight excluding hydrogens is 302 g/mol. The highest BCUT2D eigenvalue weighted by molar-refractivity contribution is 7.98. The SMILES string of the molecule is COC(=O)c1ccc(NC(=O)c2cc(C)nc(SC)n2)cc1. The fourth-order valence-corrected chi connectivity index (χ4v) is 2.18. The Hall–Kier alpha value is -2.41. The molecule has 0 saturated heterocycles. The highest BCUT2D eigenvalue weighted by Gasteiger charge is 2.11. The van der Waals surface area contributed by atoms with Crippen molar-refractivity contribution in [3.05, 3.63) is 47.3 Å². The van der Waals surface area contributed by atoms with E-state index in [1.54, 1.807) is 30.3 Å². The zero-order valence-electron chi connectivity index (χ0n) is 12.4. The van der Waals surface area contributed by atoms with E-state index in [2.05, 4.69) is 20.0 Å². The van der Waals surface area contributed by atoms with Crippen molar-refractivity contribution < 1.29 is 14.3 Å². The molecule has 2 rings (SSSR count). The predicted octanol–water partition coefficient (Wildman–Crippen LogP) is 2.55. The number of amides is 1. The number of carbonyl (C=O) groups excluding carboxylic acids is 2. The smallest absolute Gasteiger partial charge is 0.337 e. The van der Waals surface area contributed by atoms with Gasteiger partial charge in [0.1, 0.15) is 5.69 Å². The quantitative estimate of drug-likeness (QED) is 0.530. The lowest BCUT2D eigenvalue weighted by Gasteiger charge is -2.07. The Labute approximate surface area is 132 Å². The van der Waals surface area contributed by atoms with Crippen molar-refractivity contribution in [2.75, 3.05) is 18.7 Å². The maximum absolute atomic E-state index is 12.2. The van der Waals surface area contributed by atoms with E-state index in [1.807, 2.05) is 13.2 Å². The van der Waals surface area contributed by atoms with Gasteiger partial charge in [0.15, 0.2) is 5.16 Å². The number of thioether (sulfide) groups is 1. The highest BCUT2D eigenvalue weighted by atomic mass is 32.2. The molecule has 0 bridgehead atoms. The van der Waals surface area contributed by atoms with Gasteiger partial charge >= 0.3 is 5.97 Å². The Bertz CT molecular complexity index is 702. The molecule has 1 N–H and O–H groups in total. The zero-order valence-corrected chi connectivity index (χ0v) is 13.2. The zero-order chi connectivity index (χ0) is 16.1. The average molecular weight is 317 g/mol. The molecule has 0 spiro atoms. The molecule has 114 valence electrons. The van der Waals surface area contributed by atoms with Gasteiger partial charge in [0.05, 0.1) is 12.7 Å². The number of hydrogen-bond acceptors (Lipinski definition) is 6. The van der Waals surface area contributed by atoms with Crippen LogP contribution in [0.3, 0.4) is 0 Å². The maximum Gasteiger partial charge on any atom is 0.337 e. The van der Waals surface area contributed by atoms with Crippen LogP contribution in [0.4, 0.5) is 5.69 Å². The van der Waals surface area contributed by atoms with Crippen LogP contribution in [0.5, 0.6) is 0 Å². The number of hydrogen-bond donors (Lipinski definition) is 1. The number of ether oxygens (including phenoxy) is 1. The van der Waals surface area contributed by atoms with E-state index >= 15 is 0 Å². The van der Waals surface area contributed by atoms with Gasteiger partial charge in [-0.25, -0.2) is 14.8 Å². The average Bonchev–Trinajstić information content (AvgIpc) is 2.54. The number of anilines is 1. The molecule has 0 saturated carbocycles. The summed E-state index contributed by atoms with van der Waals surface area (Å²) in [5.74, 6) is -0.750. The number of esters is 1. The fourth-order valence-electron chi connectivity index (χ4n) is 1.75. The van der Waals surface area contributed by atoms with E-state index in [0.29, 0.717) is 22.1 Å². The van der Waals surface area contributed by atoms with Crippen LogP contribution in [-0.2, 0) is 4.74 Å². The third-order valence-electron chi connectivity index (χ3n) is 2.81. The summed E-state index contributed by atoms with van der Waals surface area (Å²) in [5.41, 5.74) is 2.02. The van der Waals surface area contributed by atoms with Crippen molar-refractivity contribution in [2.45, 2.75) is 12.1 Å². The number of benzene rings is 1. The molecular formula is C15H15N3O3S. The summed E-state index contributed by atoms with van der Waals surface area (Å²) in [4.78, 5) is 31.9. The summed E-state index contributed by atoms with van der Waals surface area (Å²) in [6.07, 6.45) is 1.85. The Morgan fingerprint density at radius 3 is 2.45 bits per heavy atom. The highest BCUT2D eigenvalue weighted by Crippen LogP contribution is 2.14. The molecule has 0 aliphatic heterocycles. The number of aryl methyl sites for hydroxylation is 1. The van der Waals surface area contributed by atoms with Gasteiger partial charge in [0, 0.05) is 11.4 Å². The number of aromatic nitrogens is 2. The van der Waals surface area contributed by atoms with Gasteiger partial charge in [-0.15, -0.1) is 0 Å². The summed E-state index contributed by atoms with van der Waals surface area (Å²) >= 11 is 1.37. The third kappa shape index (κ3) is 3.82. The first-order valence-corrected chi connectivity index (χ1v) is 7.65. The van der Waals surface area contributed by atoms with Crippen LogP contribution in [0, 0.1) is 6.92 Å². The van der Waals surface area contributed by atoms with Crippen molar-refractivity contribution in [1.29, 1.82) is 0 Å². The van der Waals surface area contributed by atoms with Gasteiger partial charge in [-0.3, -0.25) is 4.79 Å². The summed E-state index contributed by atoms with van der Waals surface area (Å²) in [7, 11) is 1.32. The van der Waals surface area contributed by atoms with E-state index in [9.17, 15) is 9.59 Å². The van der Waals surface area contributed by atoms with E-state index in [4.69, 9.17) is 0 Å². The first kappa shape index (κ1) is 16.0. The molecule has 22 heavy (non-hydrogen) atoms. The van der Waals surface area contributed by atoms with Crippen LogP contribution in [0.15, 0.2) is 35.5 Å². The molecule has 7 heteroatoms. The molecule has 6 nitrogen and oxygen atoms in total. The number of rotatable bonds is 4. The molecule has 0 atom stereocenters. The minimum atomic E-state index is -0.422. The number of methoxy groups -OCH3 is 1. The molecule has 0 radical (unpaired) electrons. The largest absolute Gasteiger partial charge is 0.465 e. The monoisotopic (exact) mass is 317 g/mol. The van der Waals surface area contributed by atoms with Crippen molar-refractivity contribution >= 4 is 29.3 Å². The van der Waals surface area contributed by atoms with Crippen LogP contribution < -0.4 is 5.32 Å². The number of nitrogens with zero attached hydrogens (tertiary/aromatic N) is 2. The molecule has 1 amide bonds. The van der Waals surface area contributed by atoms with Crippen molar-refractivity contribution in [2.24, 2.45) is 0 Å². The Kier molecular flexibility index (Phi) is 5.11. The van der Waals surface area contributed by atoms with Crippen LogP contribution in [0.25, 0.3) is 0 Å². The number of nitrogens with one attached hydrogen (secondary N) is 1.